The highest BCUT2D eigenvalue weighted by molar-refractivity contribution is 5.85. The summed E-state index contributed by atoms with van der Waals surface area (Å²) in [5.74, 6) is 1.63. The molecule has 1 aliphatic carbocycles. The van der Waals surface area contributed by atoms with Gasteiger partial charge in [-0.25, -0.2) is 0 Å². The van der Waals surface area contributed by atoms with Crippen LogP contribution in [0.5, 0.6) is 5.75 Å². The van der Waals surface area contributed by atoms with Gasteiger partial charge >= 0.3 is 0 Å². The van der Waals surface area contributed by atoms with Gasteiger partial charge in [-0.3, -0.25) is 0 Å². The van der Waals surface area contributed by atoms with Gasteiger partial charge in [0.25, 0.3) is 0 Å². The molecule has 3 rings (SSSR count). The molecule has 6 heteroatoms. The zero-order chi connectivity index (χ0) is 18.2. The maximum absolute atomic E-state index is 5.98. The Morgan fingerprint density at radius 1 is 1.26 bits per heavy atom. The van der Waals surface area contributed by atoms with Crippen molar-refractivity contribution in [2.45, 2.75) is 51.7 Å². The van der Waals surface area contributed by atoms with Crippen LogP contribution in [0.15, 0.2) is 18.2 Å². The van der Waals surface area contributed by atoms with E-state index in [1.807, 2.05) is 6.92 Å². The van der Waals surface area contributed by atoms with Crippen LogP contribution in [-0.2, 0) is 16.0 Å². The first kappa shape index (κ1) is 22.4. The largest absolute Gasteiger partial charge is 0.491 e. The first-order valence-electron chi connectivity index (χ1n) is 10.1. The van der Waals surface area contributed by atoms with E-state index >= 15 is 0 Å². The Kier molecular flexibility index (Phi) is 9.87. The van der Waals surface area contributed by atoms with Crippen molar-refractivity contribution in [2.24, 2.45) is 5.92 Å². The Labute approximate surface area is 169 Å². The maximum Gasteiger partial charge on any atom is 0.124 e. The van der Waals surface area contributed by atoms with Gasteiger partial charge in [0.2, 0.25) is 0 Å². The predicted octanol–water partition coefficient (Wildman–Crippen LogP) is 3.08. The van der Waals surface area contributed by atoms with Crippen molar-refractivity contribution in [3.8, 4) is 5.75 Å². The van der Waals surface area contributed by atoms with E-state index < -0.39 is 0 Å². The highest BCUT2D eigenvalue weighted by Crippen LogP contribution is 2.30. The second kappa shape index (κ2) is 11.9. The van der Waals surface area contributed by atoms with Crippen molar-refractivity contribution < 1.29 is 14.2 Å². The Bertz CT molecular complexity index is 552. The SMILES string of the molecule is CCOCCOc1cc(C)ccc1CNC1CCCC1C1COCCN1.Cl. The molecule has 0 aromatic heterocycles. The highest BCUT2D eigenvalue weighted by atomic mass is 35.5. The third-order valence-electron chi connectivity index (χ3n) is 5.50. The summed E-state index contributed by atoms with van der Waals surface area (Å²) < 4.78 is 17.0. The van der Waals surface area contributed by atoms with E-state index in [0.717, 1.165) is 38.7 Å². The standard InChI is InChI=1S/C21H34N2O3.ClH/c1-3-24-11-12-26-21-13-16(2)7-8-17(21)14-23-19-6-4-5-18(19)20-15-25-10-9-22-20;/h7-8,13,18-20,22-23H,3-6,9-12,14-15H2,1-2H3;1H. The molecule has 2 N–H and O–H groups in total. The molecule has 0 radical (unpaired) electrons. The van der Waals surface area contributed by atoms with Gasteiger partial charge in [-0.15, -0.1) is 12.4 Å². The molecule has 3 atom stereocenters. The Hall–Kier alpha value is -0.850. The van der Waals surface area contributed by atoms with Crippen molar-refractivity contribution in [3.63, 3.8) is 0 Å². The van der Waals surface area contributed by atoms with Gasteiger partial charge in [0.1, 0.15) is 12.4 Å². The fourth-order valence-corrected chi connectivity index (χ4v) is 4.12. The molecule has 0 amide bonds. The number of rotatable bonds is 9. The molecule has 0 spiro atoms. The number of nitrogens with one attached hydrogen (secondary N) is 2. The van der Waals surface area contributed by atoms with Gasteiger partial charge in [0, 0.05) is 37.3 Å². The van der Waals surface area contributed by atoms with E-state index in [-0.39, 0.29) is 12.4 Å². The number of hydrogen-bond donors (Lipinski definition) is 2. The molecule has 1 aromatic rings. The second-order valence-corrected chi connectivity index (χ2v) is 7.37. The van der Waals surface area contributed by atoms with E-state index in [9.17, 15) is 0 Å². The van der Waals surface area contributed by atoms with Crippen molar-refractivity contribution in [1.82, 2.24) is 10.6 Å². The molecule has 27 heavy (non-hydrogen) atoms. The van der Waals surface area contributed by atoms with Crippen LogP contribution in [-0.4, -0.2) is 51.7 Å². The van der Waals surface area contributed by atoms with E-state index in [2.05, 4.69) is 35.8 Å². The first-order valence-corrected chi connectivity index (χ1v) is 10.1. The van der Waals surface area contributed by atoms with Gasteiger partial charge in [-0.1, -0.05) is 18.6 Å². The lowest BCUT2D eigenvalue weighted by atomic mass is 9.94. The monoisotopic (exact) mass is 398 g/mol. The number of aryl methyl sites for hydroxylation is 1. The summed E-state index contributed by atoms with van der Waals surface area (Å²) in [7, 11) is 0. The van der Waals surface area contributed by atoms with Crippen LogP contribution in [0.1, 0.15) is 37.3 Å². The summed E-state index contributed by atoms with van der Waals surface area (Å²) in [5.41, 5.74) is 2.45. The summed E-state index contributed by atoms with van der Waals surface area (Å²) in [6.45, 7) is 9.58. The number of morpholine rings is 1. The maximum atomic E-state index is 5.98. The quantitative estimate of drug-likeness (QED) is 0.626. The van der Waals surface area contributed by atoms with Crippen LogP contribution in [0.4, 0.5) is 0 Å². The van der Waals surface area contributed by atoms with Crippen LogP contribution >= 0.6 is 12.4 Å². The lowest BCUT2D eigenvalue weighted by molar-refractivity contribution is 0.0524. The van der Waals surface area contributed by atoms with Gasteiger partial charge < -0.3 is 24.8 Å². The number of ether oxygens (including phenoxy) is 3. The molecule has 1 saturated carbocycles. The minimum atomic E-state index is 0. The van der Waals surface area contributed by atoms with Gasteiger partial charge in [-0.2, -0.15) is 0 Å². The van der Waals surface area contributed by atoms with Crippen LogP contribution in [0.25, 0.3) is 0 Å². The van der Waals surface area contributed by atoms with Crippen molar-refractivity contribution >= 4 is 12.4 Å². The molecule has 1 aromatic carbocycles. The minimum Gasteiger partial charge on any atom is -0.491 e. The van der Waals surface area contributed by atoms with E-state index in [1.165, 1.54) is 30.4 Å². The van der Waals surface area contributed by atoms with E-state index in [4.69, 9.17) is 14.2 Å². The third kappa shape index (κ3) is 6.61. The number of benzene rings is 1. The van der Waals surface area contributed by atoms with Crippen LogP contribution in [0.3, 0.4) is 0 Å². The molecule has 154 valence electrons. The van der Waals surface area contributed by atoms with Gasteiger partial charge in [0.05, 0.1) is 19.8 Å². The normalized spacial score (nSPS) is 25.2. The summed E-state index contributed by atoms with van der Waals surface area (Å²) >= 11 is 0. The number of halogens is 1. The van der Waals surface area contributed by atoms with Crippen LogP contribution in [0.2, 0.25) is 0 Å². The predicted molar refractivity (Wildman–Crippen MR) is 111 cm³/mol. The second-order valence-electron chi connectivity index (χ2n) is 7.37. The molecule has 5 nitrogen and oxygen atoms in total. The van der Waals surface area contributed by atoms with Crippen LogP contribution < -0.4 is 15.4 Å². The van der Waals surface area contributed by atoms with Gasteiger partial charge in [-0.05, 0) is 44.2 Å². The molecule has 1 aliphatic heterocycles. The Balaban J connectivity index is 0.00000261. The lowest BCUT2D eigenvalue weighted by Crippen LogP contribution is -2.50. The minimum absolute atomic E-state index is 0. The van der Waals surface area contributed by atoms with Crippen molar-refractivity contribution in [2.75, 3.05) is 39.6 Å². The Morgan fingerprint density at radius 3 is 2.93 bits per heavy atom. The lowest BCUT2D eigenvalue weighted by Gasteiger charge is -2.33. The first-order chi connectivity index (χ1) is 12.8. The fourth-order valence-electron chi connectivity index (χ4n) is 4.12. The zero-order valence-corrected chi connectivity index (χ0v) is 17.5. The summed E-state index contributed by atoms with van der Waals surface area (Å²) in [4.78, 5) is 0. The van der Waals surface area contributed by atoms with Gasteiger partial charge in [0.15, 0.2) is 0 Å². The van der Waals surface area contributed by atoms with Crippen LogP contribution in [0, 0.1) is 12.8 Å². The smallest absolute Gasteiger partial charge is 0.124 e. The zero-order valence-electron chi connectivity index (χ0n) is 16.7. The summed E-state index contributed by atoms with van der Waals surface area (Å²) in [5, 5.41) is 7.44. The summed E-state index contributed by atoms with van der Waals surface area (Å²) in [6, 6.07) is 7.51. The van der Waals surface area contributed by atoms with E-state index in [1.54, 1.807) is 0 Å². The fraction of sp³-hybridized carbons (Fsp3) is 0.714. The van der Waals surface area contributed by atoms with Crippen molar-refractivity contribution in [3.05, 3.63) is 29.3 Å². The molecular formula is C21H35ClN2O3. The molecule has 3 unspecified atom stereocenters. The molecular weight excluding hydrogens is 364 g/mol. The Morgan fingerprint density at radius 2 is 2.15 bits per heavy atom. The molecule has 1 heterocycles. The molecule has 1 saturated heterocycles. The topological polar surface area (TPSA) is 51.8 Å². The average Bonchev–Trinajstić information content (AvgIpc) is 3.14. The average molecular weight is 399 g/mol. The van der Waals surface area contributed by atoms with E-state index in [0.29, 0.717) is 31.2 Å². The number of hydrogen-bond acceptors (Lipinski definition) is 5. The third-order valence-corrected chi connectivity index (χ3v) is 5.50. The van der Waals surface area contributed by atoms with Crippen molar-refractivity contribution in [1.29, 1.82) is 0 Å². The molecule has 0 bridgehead atoms. The summed E-state index contributed by atoms with van der Waals surface area (Å²) in [6.07, 6.45) is 3.83. The molecule has 2 aliphatic rings. The molecule has 2 fully saturated rings. The highest BCUT2D eigenvalue weighted by Gasteiger charge is 2.34.